The third kappa shape index (κ3) is 0.938. The van der Waals surface area contributed by atoms with E-state index in [0.717, 1.165) is 0 Å². The van der Waals surface area contributed by atoms with Crippen molar-refractivity contribution in [3.8, 4) is 11.6 Å². The molecule has 11 heavy (non-hydrogen) atoms. The topological polar surface area (TPSA) is 70.3 Å². The van der Waals surface area contributed by atoms with Crippen molar-refractivity contribution in [1.82, 2.24) is 9.97 Å². The average molecular weight is 153 g/mol. The van der Waals surface area contributed by atoms with Gasteiger partial charge in [-0.05, 0) is 0 Å². The zero-order valence-corrected chi connectivity index (χ0v) is 5.78. The summed E-state index contributed by atoms with van der Waals surface area (Å²) in [5, 5.41) is 0. The van der Waals surface area contributed by atoms with Crippen LogP contribution in [0.1, 0.15) is 0 Å². The van der Waals surface area contributed by atoms with Crippen molar-refractivity contribution in [2.45, 2.75) is 0 Å². The first-order valence-electron chi connectivity index (χ1n) is 3.24. The van der Waals surface area contributed by atoms with Crippen molar-refractivity contribution in [2.24, 2.45) is 0 Å². The lowest BCUT2D eigenvalue weighted by Gasteiger charge is -2.16. The maximum atomic E-state index is 5.49. The van der Waals surface area contributed by atoms with Crippen LogP contribution in [-0.4, -0.2) is 23.2 Å². The largest absolute Gasteiger partial charge is 0.482 e. The predicted molar refractivity (Wildman–Crippen MR) is 37.4 cm³/mol. The number of nitrogens with zero attached hydrogens (tertiary/aromatic N) is 2. The predicted octanol–water partition coefficient (Wildman–Crippen LogP) is -0.170. The summed E-state index contributed by atoms with van der Waals surface area (Å²) < 4.78 is 10.3. The van der Waals surface area contributed by atoms with Gasteiger partial charge in [0.05, 0.1) is 0 Å². The van der Waals surface area contributed by atoms with Gasteiger partial charge < -0.3 is 15.2 Å². The van der Waals surface area contributed by atoms with Gasteiger partial charge >= 0.3 is 0 Å². The van der Waals surface area contributed by atoms with Crippen LogP contribution >= 0.6 is 0 Å². The molecule has 0 amide bonds. The molecule has 0 aliphatic carbocycles. The van der Waals surface area contributed by atoms with Gasteiger partial charge in [0, 0.05) is 0 Å². The van der Waals surface area contributed by atoms with Crippen molar-refractivity contribution < 1.29 is 9.47 Å². The van der Waals surface area contributed by atoms with E-state index in [9.17, 15) is 0 Å². The van der Waals surface area contributed by atoms with Crippen LogP contribution in [-0.2, 0) is 0 Å². The van der Waals surface area contributed by atoms with Gasteiger partial charge in [-0.25, -0.2) is 4.98 Å². The average Bonchev–Trinajstić information content (AvgIpc) is 2.06. The van der Waals surface area contributed by atoms with Gasteiger partial charge in [-0.3, -0.25) is 0 Å². The van der Waals surface area contributed by atoms with Crippen LogP contribution in [0, 0.1) is 0 Å². The summed E-state index contributed by atoms with van der Waals surface area (Å²) in [6.07, 6.45) is 1.35. The second-order valence-electron chi connectivity index (χ2n) is 2.09. The fourth-order valence-electron chi connectivity index (χ4n) is 0.891. The van der Waals surface area contributed by atoms with E-state index in [0.29, 0.717) is 30.7 Å². The van der Waals surface area contributed by atoms with E-state index in [1.807, 2.05) is 0 Å². The lowest BCUT2D eigenvalue weighted by molar-refractivity contribution is 0.164. The second kappa shape index (κ2) is 2.26. The molecule has 1 aliphatic heterocycles. The zero-order chi connectivity index (χ0) is 7.68. The first-order valence-corrected chi connectivity index (χ1v) is 3.24. The summed E-state index contributed by atoms with van der Waals surface area (Å²) in [7, 11) is 0. The minimum absolute atomic E-state index is 0.328. The first kappa shape index (κ1) is 6.21. The standard InChI is InChI=1S/C6H7N3O2/c7-5-4-6(9-3-8-5)11-2-1-10-4/h3H,1-2H2,(H2,7,8,9). The van der Waals surface area contributed by atoms with Gasteiger partial charge in [0.1, 0.15) is 19.5 Å². The van der Waals surface area contributed by atoms with Crippen LogP contribution < -0.4 is 15.2 Å². The van der Waals surface area contributed by atoms with Crippen LogP contribution in [0.5, 0.6) is 11.6 Å². The van der Waals surface area contributed by atoms with Crippen LogP contribution in [0.2, 0.25) is 0 Å². The fraction of sp³-hybridized carbons (Fsp3) is 0.333. The molecule has 0 saturated carbocycles. The van der Waals surface area contributed by atoms with Crippen molar-refractivity contribution in [3.05, 3.63) is 6.33 Å². The van der Waals surface area contributed by atoms with Crippen molar-refractivity contribution in [1.29, 1.82) is 0 Å². The Bertz CT molecular complexity index is 277. The van der Waals surface area contributed by atoms with Gasteiger partial charge in [0.25, 0.3) is 5.88 Å². The molecule has 0 radical (unpaired) electrons. The first-order chi connectivity index (χ1) is 5.38. The van der Waals surface area contributed by atoms with Gasteiger partial charge in [-0.1, -0.05) is 0 Å². The van der Waals surface area contributed by atoms with E-state index in [2.05, 4.69) is 9.97 Å². The number of anilines is 1. The highest BCUT2D eigenvalue weighted by Crippen LogP contribution is 2.30. The van der Waals surface area contributed by atoms with E-state index in [1.165, 1.54) is 6.33 Å². The Hall–Kier alpha value is -1.52. The number of nitrogens with two attached hydrogens (primary N) is 1. The quantitative estimate of drug-likeness (QED) is 0.560. The smallest absolute Gasteiger partial charge is 0.262 e. The Labute approximate surface area is 63.2 Å². The molecule has 1 aliphatic rings. The summed E-state index contributed by atoms with van der Waals surface area (Å²) in [6.45, 7) is 1.02. The molecule has 2 N–H and O–H groups in total. The zero-order valence-electron chi connectivity index (χ0n) is 5.78. The number of fused-ring (bicyclic) bond motifs is 1. The molecule has 0 saturated heterocycles. The van der Waals surface area contributed by atoms with Crippen LogP contribution in [0.4, 0.5) is 5.82 Å². The Morgan fingerprint density at radius 3 is 2.91 bits per heavy atom. The molecule has 58 valence electrons. The summed E-state index contributed by atoms with van der Waals surface area (Å²) in [5.41, 5.74) is 5.49. The number of aromatic nitrogens is 2. The summed E-state index contributed by atoms with van der Waals surface area (Å²) in [4.78, 5) is 7.60. The minimum Gasteiger partial charge on any atom is -0.482 e. The van der Waals surface area contributed by atoms with Crippen LogP contribution in [0.3, 0.4) is 0 Å². The van der Waals surface area contributed by atoms with Gasteiger partial charge in [0.2, 0.25) is 5.75 Å². The van der Waals surface area contributed by atoms with E-state index in [1.54, 1.807) is 0 Å². The molecule has 5 heteroatoms. The Kier molecular flexibility index (Phi) is 1.28. The molecule has 0 bridgehead atoms. The second-order valence-corrected chi connectivity index (χ2v) is 2.09. The highest BCUT2D eigenvalue weighted by atomic mass is 16.6. The number of ether oxygens (including phenoxy) is 2. The molecule has 0 spiro atoms. The van der Waals surface area contributed by atoms with Crippen LogP contribution in [0.15, 0.2) is 6.33 Å². The van der Waals surface area contributed by atoms with Gasteiger partial charge in [-0.2, -0.15) is 4.98 Å². The highest BCUT2D eigenvalue weighted by molar-refractivity contribution is 5.51. The van der Waals surface area contributed by atoms with Crippen LogP contribution in [0.25, 0.3) is 0 Å². The molecular formula is C6H7N3O2. The van der Waals surface area contributed by atoms with Gasteiger partial charge in [-0.15, -0.1) is 0 Å². The third-order valence-electron chi connectivity index (χ3n) is 1.37. The lowest BCUT2D eigenvalue weighted by Crippen LogP contribution is -2.17. The summed E-state index contributed by atoms with van der Waals surface area (Å²) in [5.74, 6) is 1.22. The van der Waals surface area contributed by atoms with Crippen molar-refractivity contribution in [2.75, 3.05) is 18.9 Å². The lowest BCUT2D eigenvalue weighted by atomic mass is 10.5. The number of nitrogen functional groups attached to an aromatic ring is 1. The summed E-state index contributed by atoms with van der Waals surface area (Å²) in [6, 6.07) is 0. The van der Waals surface area contributed by atoms with E-state index < -0.39 is 0 Å². The maximum Gasteiger partial charge on any atom is 0.262 e. The normalized spacial score (nSPS) is 14.5. The summed E-state index contributed by atoms with van der Waals surface area (Å²) >= 11 is 0. The minimum atomic E-state index is 0.328. The molecule has 5 nitrogen and oxygen atoms in total. The Morgan fingerprint density at radius 2 is 2.09 bits per heavy atom. The monoisotopic (exact) mass is 153 g/mol. The van der Waals surface area contributed by atoms with E-state index in [4.69, 9.17) is 15.2 Å². The molecule has 1 aromatic heterocycles. The van der Waals surface area contributed by atoms with Crippen molar-refractivity contribution >= 4 is 5.82 Å². The number of hydrogen-bond donors (Lipinski definition) is 1. The highest BCUT2D eigenvalue weighted by Gasteiger charge is 2.15. The molecule has 0 unspecified atom stereocenters. The molecule has 0 aromatic carbocycles. The Morgan fingerprint density at radius 1 is 1.27 bits per heavy atom. The molecule has 1 aromatic rings. The van der Waals surface area contributed by atoms with Crippen molar-refractivity contribution in [3.63, 3.8) is 0 Å². The van der Waals surface area contributed by atoms with E-state index >= 15 is 0 Å². The fourth-order valence-corrected chi connectivity index (χ4v) is 0.891. The third-order valence-corrected chi connectivity index (χ3v) is 1.37. The SMILES string of the molecule is Nc1ncnc2c1OCCO2. The molecular weight excluding hydrogens is 146 g/mol. The number of hydrogen-bond acceptors (Lipinski definition) is 5. The molecule has 2 rings (SSSR count). The number of rotatable bonds is 0. The molecule has 0 atom stereocenters. The Balaban J connectivity index is 2.49. The van der Waals surface area contributed by atoms with E-state index in [-0.39, 0.29) is 0 Å². The molecule has 0 fully saturated rings. The van der Waals surface area contributed by atoms with Gasteiger partial charge in [0.15, 0.2) is 5.82 Å². The molecule has 2 heterocycles. The maximum absolute atomic E-state index is 5.49.